The summed E-state index contributed by atoms with van der Waals surface area (Å²) in [5, 5.41) is 3.67. The van der Waals surface area contributed by atoms with E-state index in [4.69, 9.17) is 4.74 Å². The molecule has 0 bridgehead atoms. The van der Waals surface area contributed by atoms with E-state index < -0.39 is 0 Å². The zero-order valence-electron chi connectivity index (χ0n) is 13.3. The highest BCUT2D eigenvalue weighted by atomic mass is 16.5. The van der Waals surface area contributed by atoms with Gasteiger partial charge < -0.3 is 10.1 Å². The Morgan fingerprint density at radius 3 is 2.47 bits per heavy atom. The molecule has 2 heteroatoms. The van der Waals surface area contributed by atoms with Gasteiger partial charge in [0.15, 0.2) is 0 Å². The van der Waals surface area contributed by atoms with Gasteiger partial charge in [0.05, 0.1) is 7.11 Å². The van der Waals surface area contributed by atoms with Gasteiger partial charge in [-0.1, -0.05) is 45.4 Å². The van der Waals surface area contributed by atoms with Gasteiger partial charge in [-0.3, -0.25) is 0 Å². The average Bonchev–Trinajstić information content (AvgIpc) is 2.33. The summed E-state index contributed by atoms with van der Waals surface area (Å²) in [6, 6.07) is 6.88. The topological polar surface area (TPSA) is 21.3 Å². The number of methoxy groups -OCH3 is 1. The zero-order valence-corrected chi connectivity index (χ0v) is 13.3. The molecule has 0 heterocycles. The molecule has 1 rings (SSSR count). The highest BCUT2D eigenvalue weighted by Crippen LogP contribution is 2.27. The van der Waals surface area contributed by atoms with Crippen molar-refractivity contribution in [2.24, 2.45) is 5.41 Å². The average molecular weight is 263 g/mol. The lowest BCUT2D eigenvalue weighted by Gasteiger charge is -2.32. The number of hydrogen-bond acceptors (Lipinski definition) is 2. The first-order chi connectivity index (χ1) is 8.88. The van der Waals surface area contributed by atoms with Crippen LogP contribution in [0.25, 0.3) is 0 Å². The normalized spacial score (nSPS) is 13.4. The van der Waals surface area contributed by atoms with Gasteiger partial charge in [-0.25, -0.2) is 0 Å². The SMILES string of the molecule is CCCNC(Cc1cc(C)ccc1OC)C(C)(C)C. The molecule has 0 radical (unpaired) electrons. The fourth-order valence-electron chi connectivity index (χ4n) is 2.29. The molecule has 108 valence electrons. The van der Waals surface area contributed by atoms with Crippen molar-refractivity contribution in [3.63, 3.8) is 0 Å². The molecule has 2 nitrogen and oxygen atoms in total. The monoisotopic (exact) mass is 263 g/mol. The Labute approximate surface area is 118 Å². The second-order valence-electron chi connectivity index (χ2n) is 6.39. The molecular weight excluding hydrogens is 234 g/mol. The lowest BCUT2D eigenvalue weighted by atomic mass is 9.82. The minimum absolute atomic E-state index is 0.240. The van der Waals surface area contributed by atoms with Gasteiger partial charge in [-0.05, 0) is 43.4 Å². The number of ether oxygens (including phenoxy) is 1. The summed E-state index contributed by atoms with van der Waals surface area (Å²) in [7, 11) is 1.75. The molecule has 1 aromatic carbocycles. The predicted octanol–water partition coefficient (Wildman–Crippen LogP) is 3.96. The van der Waals surface area contributed by atoms with E-state index in [9.17, 15) is 0 Å². The van der Waals surface area contributed by atoms with Crippen molar-refractivity contribution in [3.8, 4) is 5.75 Å². The smallest absolute Gasteiger partial charge is 0.122 e. The first kappa shape index (κ1) is 16.0. The lowest BCUT2D eigenvalue weighted by Crippen LogP contribution is -2.42. The van der Waals surface area contributed by atoms with E-state index in [0.29, 0.717) is 6.04 Å². The van der Waals surface area contributed by atoms with Crippen LogP contribution in [0.5, 0.6) is 5.75 Å². The van der Waals surface area contributed by atoms with Crippen LogP contribution >= 0.6 is 0 Å². The molecule has 1 atom stereocenters. The van der Waals surface area contributed by atoms with Gasteiger partial charge in [0.1, 0.15) is 5.75 Å². The predicted molar refractivity (Wildman–Crippen MR) is 83.0 cm³/mol. The fourth-order valence-corrected chi connectivity index (χ4v) is 2.29. The minimum atomic E-state index is 0.240. The lowest BCUT2D eigenvalue weighted by molar-refractivity contribution is 0.264. The van der Waals surface area contributed by atoms with Crippen molar-refractivity contribution in [2.75, 3.05) is 13.7 Å². The maximum absolute atomic E-state index is 5.49. The number of nitrogens with one attached hydrogen (secondary N) is 1. The molecule has 0 amide bonds. The second kappa shape index (κ2) is 6.95. The van der Waals surface area contributed by atoms with E-state index in [1.807, 2.05) is 0 Å². The molecular formula is C17H29NO. The number of rotatable bonds is 6. The quantitative estimate of drug-likeness (QED) is 0.839. The van der Waals surface area contributed by atoms with E-state index >= 15 is 0 Å². The minimum Gasteiger partial charge on any atom is -0.496 e. The van der Waals surface area contributed by atoms with Crippen molar-refractivity contribution in [1.29, 1.82) is 0 Å². The summed E-state index contributed by atoms with van der Waals surface area (Å²) in [5.74, 6) is 0.998. The standard InChI is InChI=1S/C17H29NO/c1-7-10-18-16(17(3,4)5)12-14-11-13(2)8-9-15(14)19-6/h8-9,11,16,18H,7,10,12H2,1-6H3. The Hall–Kier alpha value is -1.02. The number of aryl methyl sites for hydroxylation is 1. The summed E-state index contributed by atoms with van der Waals surface area (Å²) >= 11 is 0. The molecule has 0 aromatic heterocycles. The summed E-state index contributed by atoms with van der Waals surface area (Å²) in [6.07, 6.45) is 2.17. The van der Waals surface area contributed by atoms with Gasteiger partial charge in [0.2, 0.25) is 0 Å². The summed E-state index contributed by atoms with van der Waals surface area (Å²) < 4.78 is 5.49. The van der Waals surface area contributed by atoms with Crippen LogP contribution in [0.1, 0.15) is 45.2 Å². The molecule has 0 aliphatic rings. The van der Waals surface area contributed by atoms with Crippen molar-refractivity contribution in [2.45, 2.75) is 53.5 Å². The summed E-state index contributed by atoms with van der Waals surface area (Å²) in [5.41, 5.74) is 2.83. The van der Waals surface area contributed by atoms with Crippen LogP contribution in [0.15, 0.2) is 18.2 Å². The largest absolute Gasteiger partial charge is 0.496 e. The Balaban J connectivity index is 2.92. The summed E-state index contributed by atoms with van der Waals surface area (Å²) in [4.78, 5) is 0. The molecule has 0 fully saturated rings. The number of hydrogen-bond donors (Lipinski definition) is 1. The maximum Gasteiger partial charge on any atom is 0.122 e. The second-order valence-corrected chi connectivity index (χ2v) is 6.39. The molecule has 1 aromatic rings. The molecule has 0 saturated carbocycles. The van der Waals surface area contributed by atoms with E-state index in [2.05, 4.69) is 58.1 Å². The molecule has 19 heavy (non-hydrogen) atoms. The van der Waals surface area contributed by atoms with Gasteiger partial charge in [0, 0.05) is 6.04 Å². The third-order valence-corrected chi connectivity index (χ3v) is 3.55. The van der Waals surface area contributed by atoms with Crippen LogP contribution in [-0.4, -0.2) is 19.7 Å². The van der Waals surface area contributed by atoms with Crippen LogP contribution < -0.4 is 10.1 Å². The molecule has 1 unspecified atom stereocenters. The zero-order chi connectivity index (χ0) is 14.5. The Bertz CT molecular complexity index is 393. The molecule has 0 saturated heterocycles. The van der Waals surface area contributed by atoms with Crippen molar-refractivity contribution in [1.82, 2.24) is 5.32 Å². The third kappa shape index (κ3) is 4.87. The Kier molecular flexibility index (Phi) is 5.86. The summed E-state index contributed by atoms with van der Waals surface area (Å²) in [6.45, 7) is 12.3. The van der Waals surface area contributed by atoms with Crippen LogP contribution in [0.4, 0.5) is 0 Å². The van der Waals surface area contributed by atoms with Gasteiger partial charge >= 0.3 is 0 Å². The fraction of sp³-hybridized carbons (Fsp3) is 0.647. The highest BCUT2D eigenvalue weighted by Gasteiger charge is 2.25. The van der Waals surface area contributed by atoms with Gasteiger partial charge in [-0.2, -0.15) is 0 Å². The van der Waals surface area contributed by atoms with Crippen molar-refractivity contribution in [3.05, 3.63) is 29.3 Å². The van der Waals surface area contributed by atoms with E-state index in [0.717, 1.165) is 25.1 Å². The van der Waals surface area contributed by atoms with Crippen molar-refractivity contribution < 1.29 is 4.74 Å². The van der Waals surface area contributed by atoms with Gasteiger partial charge in [-0.15, -0.1) is 0 Å². The van der Waals surface area contributed by atoms with Crippen molar-refractivity contribution >= 4 is 0 Å². The molecule has 0 aliphatic carbocycles. The molecule has 0 spiro atoms. The molecule has 1 N–H and O–H groups in total. The third-order valence-electron chi connectivity index (χ3n) is 3.55. The van der Waals surface area contributed by atoms with Crippen LogP contribution in [0.3, 0.4) is 0 Å². The Morgan fingerprint density at radius 2 is 1.95 bits per heavy atom. The van der Waals surface area contributed by atoms with E-state index in [-0.39, 0.29) is 5.41 Å². The van der Waals surface area contributed by atoms with E-state index in [1.54, 1.807) is 7.11 Å². The molecule has 0 aliphatic heterocycles. The number of benzene rings is 1. The Morgan fingerprint density at radius 1 is 1.26 bits per heavy atom. The van der Waals surface area contributed by atoms with Crippen LogP contribution in [0.2, 0.25) is 0 Å². The first-order valence-corrected chi connectivity index (χ1v) is 7.25. The first-order valence-electron chi connectivity index (χ1n) is 7.25. The van der Waals surface area contributed by atoms with Crippen LogP contribution in [-0.2, 0) is 6.42 Å². The van der Waals surface area contributed by atoms with E-state index in [1.165, 1.54) is 11.1 Å². The maximum atomic E-state index is 5.49. The van der Waals surface area contributed by atoms with Gasteiger partial charge in [0.25, 0.3) is 0 Å². The highest BCUT2D eigenvalue weighted by molar-refractivity contribution is 5.37. The van der Waals surface area contributed by atoms with Crippen LogP contribution in [0, 0.1) is 12.3 Å².